The second-order valence-electron chi connectivity index (χ2n) is 2.88. The molecule has 0 amide bonds. The van der Waals surface area contributed by atoms with E-state index < -0.39 is 0 Å². The van der Waals surface area contributed by atoms with Crippen molar-refractivity contribution in [2.45, 2.75) is 23.6 Å². The van der Waals surface area contributed by atoms with Crippen LogP contribution in [0.15, 0.2) is 21.7 Å². The molecule has 76 valence electrons. The van der Waals surface area contributed by atoms with Gasteiger partial charge >= 0.3 is 0 Å². The molecule has 0 aliphatic heterocycles. The van der Waals surface area contributed by atoms with Crippen molar-refractivity contribution >= 4 is 23.1 Å². The first-order chi connectivity index (χ1) is 6.86. The number of thiophene rings is 1. The van der Waals surface area contributed by atoms with Crippen molar-refractivity contribution in [3.05, 3.63) is 17.5 Å². The molecule has 0 aliphatic rings. The predicted molar refractivity (Wildman–Crippen MR) is 62.7 cm³/mol. The van der Waals surface area contributed by atoms with Crippen LogP contribution in [0.5, 0.6) is 0 Å². The van der Waals surface area contributed by atoms with Gasteiger partial charge in [-0.25, -0.2) is 0 Å². The highest BCUT2D eigenvalue weighted by molar-refractivity contribution is 8.01. The van der Waals surface area contributed by atoms with Gasteiger partial charge in [-0.05, 0) is 24.4 Å². The van der Waals surface area contributed by atoms with Crippen molar-refractivity contribution in [3.8, 4) is 6.07 Å². The van der Waals surface area contributed by atoms with Gasteiger partial charge in [0.25, 0.3) is 0 Å². The Labute approximate surface area is 93.3 Å². The quantitative estimate of drug-likeness (QED) is 0.758. The third-order valence-electron chi connectivity index (χ3n) is 1.68. The number of thioether (sulfide) groups is 1. The molecule has 1 heterocycles. The van der Waals surface area contributed by atoms with E-state index in [4.69, 9.17) is 5.26 Å². The van der Waals surface area contributed by atoms with Gasteiger partial charge in [0.15, 0.2) is 0 Å². The molecule has 1 atom stereocenters. The molecular weight excluding hydrogens is 212 g/mol. The Balaban J connectivity index is 2.25. The summed E-state index contributed by atoms with van der Waals surface area (Å²) in [5.41, 5.74) is 0. The van der Waals surface area contributed by atoms with Crippen LogP contribution < -0.4 is 5.32 Å². The molecule has 14 heavy (non-hydrogen) atoms. The van der Waals surface area contributed by atoms with E-state index in [0.29, 0.717) is 0 Å². The van der Waals surface area contributed by atoms with Crippen LogP contribution in [0.2, 0.25) is 0 Å². The summed E-state index contributed by atoms with van der Waals surface area (Å²) in [4.78, 5) is 0. The van der Waals surface area contributed by atoms with Crippen molar-refractivity contribution in [1.82, 2.24) is 5.32 Å². The van der Waals surface area contributed by atoms with Crippen molar-refractivity contribution in [3.63, 3.8) is 0 Å². The number of hydrogen-bond donors (Lipinski definition) is 1. The highest BCUT2D eigenvalue weighted by Crippen LogP contribution is 2.23. The molecule has 4 heteroatoms. The first-order valence-electron chi connectivity index (χ1n) is 4.66. The highest BCUT2D eigenvalue weighted by atomic mass is 32.2. The predicted octanol–water partition coefficient (Wildman–Crippen LogP) is 2.73. The molecule has 1 aromatic rings. The van der Waals surface area contributed by atoms with Crippen LogP contribution in [-0.4, -0.2) is 18.3 Å². The largest absolute Gasteiger partial charge is 0.301 e. The van der Waals surface area contributed by atoms with Gasteiger partial charge in [-0.15, -0.1) is 23.1 Å². The van der Waals surface area contributed by atoms with E-state index in [1.807, 2.05) is 6.07 Å². The standard InChI is InChI=1S/C10H14N2S2/c1-2-5-12-9(7-11)8-14-10-4-3-6-13-10/h3-4,6,9,12H,2,5,8H2,1H3. The molecule has 0 saturated carbocycles. The van der Waals surface area contributed by atoms with Crippen LogP contribution in [0.25, 0.3) is 0 Å². The van der Waals surface area contributed by atoms with E-state index in [2.05, 4.69) is 29.8 Å². The highest BCUT2D eigenvalue weighted by Gasteiger charge is 2.06. The zero-order valence-corrected chi connectivity index (χ0v) is 9.83. The molecule has 2 nitrogen and oxygen atoms in total. The maximum atomic E-state index is 8.86. The van der Waals surface area contributed by atoms with Gasteiger partial charge in [0, 0.05) is 5.75 Å². The van der Waals surface area contributed by atoms with E-state index in [9.17, 15) is 0 Å². The Bertz CT molecular complexity index is 277. The van der Waals surface area contributed by atoms with Gasteiger partial charge in [0.2, 0.25) is 0 Å². The lowest BCUT2D eigenvalue weighted by Gasteiger charge is -2.08. The topological polar surface area (TPSA) is 35.8 Å². The van der Waals surface area contributed by atoms with Crippen LogP contribution in [0, 0.1) is 11.3 Å². The minimum Gasteiger partial charge on any atom is -0.301 e. The summed E-state index contributed by atoms with van der Waals surface area (Å²) in [6.07, 6.45) is 1.07. The van der Waals surface area contributed by atoms with Crippen molar-refractivity contribution in [2.75, 3.05) is 12.3 Å². The zero-order chi connectivity index (χ0) is 10.2. The molecule has 0 bridgehead atoms. The maximum absolute atomic E-state index is 8.86. The smallest absolute Gasteiger partial charge is 0.105 e. The number of rotatable bonds is 6. The average molecular weight is 226 g/mol. The first kappa shape index (κ1) is 11.6. The molecular formula is C10H14N2S2. The van der Waals surface area contributed by atoms with E-state index in [1.165, 1.54) is 4.21 Å². The third-order valence-corrected chi connectivity index (χ3v) is 3.91. The maximum Gasteiger partial charge on any atom is 0.105 e. The molecule has 1 N–H and O–H groups in total. The summed E-state index contributed by atoms with van der Waals surface area (Å²) >= 11 is 3.47. The average Bonchev–Trinajstić information content (AvgIpc) is 2.71. The molecule has 1 rings (SSSR count). The summed E-state index contributed by atoms with van der Waals surface area (Å²) in [5.74, 6) is 0.830. The molecule has 0 saturated heterocycles. The second-order valence-corrected chi connectivity index (χ2v) is 5.15. The third kappa shape index (κ3) is 4.14. The number of hydrogen-bond acceptors (Lipinski definition) is 4. The van der Waals surface area contributed by atoms with Gasteiger partial charge in [-0.3, -0.25) is 0 Å². The van der Waals surface area contributed by atoms with Gasteiger partial charge in [0.1, 0.15) is 6.04 Å². The van der Waals surface area contributed by atoms with Crippen LogP contribution >= 0.6 is 23.1 Å². The van der Waals surface area contributed by atoms with Crippen LogP contribution in [-0.2, 0) is 0 Å². The Morgan fingerprint density at radius 1 is 1.71 bits per heavy atom. The summed E-state index contributed by atoms with van der Waals surface area (Å²) in [5, 5.41) is 14.1. The minimum absolute atomic E-state index is 0.0259. The number of nitrogens with one attached hydrogen (secondary N) is 1. The van der Waals surface area contributed by atoms with E-state index in [0.717, 1.165) is 18.7 Å². The van der Waals surface area contributed by atoms with Crippen molar-refractivity contribution in [2.24, 2.45) is 0 Å². The monoisotopic (exact) mass is 226 g/mol. The minimum atomic E-state index is -0.0259. The van der Waals surface area contributed by atoms with Gasteiger partial charge in [-0.1, -0.05) is 13.0 Å². The lowest BCUT2D eigenvalue weighted by atomic mass is 10.3. The molecule has 0 spiro atoms. The molecule has 0 aromatic carbocycles. The SMILES string of the molecule is CCCNC(C#N)CSc1cccs1. The zero-order valence-electron chi connectivity index (χ0n) is 8.19. The molecule has 1 unspecified atom stereocenters. The van der Waals surface area contributed by atoms with E-state index >= 15 is 0 Å². The molecule has 0 fully saturated rings. The lowest BCUT2D eigenvalue weighted by molar-refractivity contribution is 0.638. The molecule has 0 radical (unpaired) electrons. The second kappa shape index (κ2) is 6.88. The molecule has 0 aliphatic carbocycles. The fourth-order valence-electron chi connectivity index (χ4n) is 0.971. The van der Waals surface area contributed by atoms with Crippen LogP contribution in [0.1, 0.15) is 13.3 Å². The summed E-state index contributed by atoms with van der Waals surface area (Å²) in [6, 6.07) is 6.37. The van der Waals surface area contributed by atoms with E-state index in [-0.39, 0.29) is 6.04 Å². The van der Waals surface area contributed by atoms with Crippen LogP contribution in [0.3, 0.4) is 0 Å². The molecule has 1 aromatic heterocycles. The normalized spacial score (nSPS) is 12.3. The van der Waals surface area contributed by atoms with E-state index in [1.54, 1.807) is 23.1 Å². The fourth-order valence-corrected chi connectivity index (χ4v) is 2.76. The Morgan fingerprint density at radius 3 is 3.14 bits per heavy atom. The van der Waals surface area contributed by atoms with Gasteiger partial charge in [0.05, 0.1) is 10.3 Å². The summed E-state index contributed by atoms with van der Waals surface area (Å²) in [6.45, 7) is 3.02. The van der Waals surface area contributed by atoms with Gasteiger partial charge < -0.3 is 5.32 Å². The van der Waals surface area contributed by atoms with Crippen molar-refractivity contribution < 1.29 is 0 Å². The Kier molecular flexibility index (Phi) is 5.69. The number of nitriles is 1. The number of nitrogens with zero attached hydrogens (tertiary/aromatic N) is 1. The van der Waals surface area contributed by atoms with Crippen molar-refractivity contribution in [1.29, 1.82) is 5.26 Å². The lowest BCUT2D eigenvalue weighted by Crippen LogP contribution is -2.30. The first-order valence-corrected chi connectivity index (χ1v) is 6.52. The van der Waals surface area contributed by atoms with Crippen LogP contribution in [0.4, 0.5) is 0 Å². The summed E-state index contributed by atoms with van der Waals surface area (Å²) < 4.78 is 1.28. The Hall–Kier alpha value is -0.500. The summed E-state index contributed by atoms with van der Waals surface area (Å²) in [7, 11) is 0. The van der Waals surface area contributed by atoms with Gasteiger partial charge in [-0.2, -0.15) is 5.26 Å². The fraction of sp³-hybridized carbons (Fsp3) is 0.500. The Morgan fingerprint density at radius 2 is 2.57 bits per heavy atom.